The molecule has 0 spiro atoms. The SMILES string of the molecule is COc1ccc(Cl)cc1COc1ccccc1F. The minimum Gasteiger partial charge on any atom is -0.496 e. The topological polar surface area (TPSA) is 18.5 Å². The van der Waals surface area contributed by atoms with Gasteiger partial charge in [0, 0.05) is 10.6 Å². The van der Waals surface area contributed by atoms with Crippen LogP contribution < -0.4 is 9.47 Å². The van der Waals surface area contributed by atoms with E-state index in [1.165, 1.54) is 6.07 Å². The lowest BCUT2D eigenvalue weighted by Crippen LogP contribution is -2.00. The van der Waals surface area contributed by atoms with Crippen molar-refractivity contribution in [3.8, 4) is 11.5 Å². The molecule has 0 radical (unpaired) electrons. The van der Waals surface area contributed by atoms with Gasteiger partial charge in [0.15, 0.2) is 11.6 Å². The number of benzene rings is 2. The van der Waals surface area contributed by atoms with Gasteiger partial charge in [0.1, 0.15) is 12.4 Å². The third-order valence-electron chi connectivity index (χ3n) is 2.46. The van der Waals surface area contributed by atoms with Crippen molar-refractivity contribution in [1.82, 2.24) is 0 Å². The predicted molar refractivity (Wildman–Crippen MR) is 68.7 cm³/mol. The van der Waals surface area contributed by atoms with Crippen molar-refractivity contribution >= 4 is 11.6 Å². The van der Waals surface area contributed by atoms with Gasteiger partial charge in [-0.1, -0.05) is 23.7 Å². The average molecular weight is 267 g/mol. The van der Waals surface area contributed by atoms with Gasteiger partial charge in [-0.3, -0.25) is 0 Å². The molecule has 0 heterocycles. The van der Waals surface area contributed by atoms with Crippen LogP contribution in [0.5, 0.6) is 11.5 Å². The standard InChI is InChI=1S/C14H12ClFO2/c1-17-13-7-6-11(15)8-10(13)9-18-14-5-3-2-4-12(14)16/h2-8H,9H2,1H3. The van der Waals surface area contributed by atoms with E-state index in [9.17, 15) is 4.39 Å². The first kappa shape index (κ1) is 12.7. The molecule has 0 fully saturated rings. The van der Waals surface area contributed by atoms with Crippen molar-refractivity contribution in [3.05, 3.63) is 58.9 Å². The summed E-state index contributed by atoms with van der Waals surface area (Å²) in [5.74, 6) is 0.480. The van der Waals surface area contributed by atoms with E-state index in [4.69, 9.17) is 21.1 Å². The van der Waals surface area contributed by atoms with E-state index in [1.807, 2.05) is 0 Å². The molecule has 2 aromatic rings. The fraction of sp³-hybridized carbons (Fsp3) is 0.143. The van der Waals surface area contributed by atoms with Gasteiger partial charge in [0.05, 0.1) is 7.11 Å². The van der Waals surface area contributed by atoms with Gasteiger partial charge in [-0.25, -0.2) is 4.39 Å². The average Bonchev–Trinajstić information content (AvgIpc) is 2.38. The summed E-state index contributed by atoms with van der Waals surface area (Å²) in [6.45, 7) is 0.199. The van der Waals surface area contributed by atoms with Gasteiger partial charge >= 0.3 is 0 Å². The van der Waals surface area contributed by atoms with Crippen LogP contribution in [0.1, 0.15) is 5.56 Å². The molecule has 2 nitrogen and oxygen atoms in total. The monoisotopic (exact) mass is 266 g/mol. The molecule has 4 heteroatoms. The Kier molecular flexibility index (Phi) is 4.05. The molecule has 94 valence electrons. The van der Waals surface area contributed by atoms with Crippen LogP contribution in [0.3, 0.4) is 0 Å². The smallest absolute Gasteiger partial charge is 0.165 e. The van der Waals surface area contributed by atoms with Crippen LogP contribution in [0.2, 0.25) is 5.02 Å². The highest BCUT2D eigenvalue weighted by molar-refractivity contribution is 6.30. The quantitative estimate of drug-likeness (QED) is 0.831. The Hall–Kier alpha value is -1.74. The minimum atomic E-state index is -0.390. The lowest BCUT2D eigenvalue weighted by Gasteiger charge is -2.11. The first-order valence-electron chi connectivity index (χ1n) is 5.40. The Labute approximate surface area is 110 Å². The first-order valence-corrected chi connectivity index (χ1v) is 5.78. The predicted octanol–water partition coefficient (Wildman–Crippen LogP) is 4.07. The zero-order valence-corrected chi connectivity index (χ0v) is 10.6. The maximum atomic E-state index is 13.4. The van der Waals surface area contributed by atoms with E-state index in [0.29, 0.717) is 10.8 Å². The second kappa shape index (κ2) is 5.74. The molecule has 0 aliphatic rings. The summed E-state index contributed by atoms with van der Waals surface area (Å²) in [7, 11) is 1.57. The van der Waals surface area contributed by atoms with Gasteiger partial charge in [0.25, 0.3) is 0 Å². The van der Waals surface area contributed by atoms with Gasteiger partial charge in [-0.05, 0) is 30.3 Å². The van der Waals surface area contributed by atoms with E-state index in [-0.39, 0.29) is 12.4 Å². The number of hydrogen-bond acceptors (Lipinski definition) is 2. The van der Waals surface area contributed by atoms with Crippen molar-refractivity contribution in [3.63, 3.8) is 0 Å². The van der Waals surface area contributed by atoms with Crippen LogP contribution in [0.15, 0.2) is 42.5 Å². The molecule has 18 heavy (non-hydrogen) atoms. The second-order valence-corrected chi connectivity index (χ2v) is 4.11. The summed E-state index contributed by atoms with van der Waals surface area (Å²) in [4.78, 5) is 0. The molecule has 0 atom stereocenters. The third-order valence-corrected chi connectivity index (χ3v) is 2.70. The maximum absolute atomic E-state index is 13.4. The molecular weight excluding hydrogens is 255 g/mol. The molecule has 2 aromatic carbocycles. The molecule has 0 N–H and O–H groups in total. The van der Waals surface area contributed by atoms with Crippen molar-refractivity contribution < 1.29 is 13.9 Å². The Morgan fingerprint density at radius 2 is 1.89 bits per heavy atom. The van der Waals surface area contributed by atoms with Crippen molar-refractivity contribution in [1.29, 1.82) is 0 Å². The van der Waals surface area contributed by atoms with Gasteiger partial charge in [-0.15, -0.1) is 0 Å². The van der Waals surface area contributed by atoms with E-state index >= 15 is 0 Å². The summed E-state index contributed by atoms with van der Waals surface area (Å²) in [6, 6.07) is 11.5. The summed E-state index contributed by atoms with van der Waals surface area (Å²) in [6.07, 6.45) is 0. The highest BCUT2D eigenvalue weighted by Gasteiger charge is 2.07. The third kappa shape index (κ3) is 2.93. The van der Waals surface area contributed by atoms with E-state index in [0.717, 1.165) is 5.56 Å². The number of para-hydroxylation sites is 1. The maximum Gasteiger partial charge on any atom is 0.165 e. The summed E-state index contributed by atoms with van der Waals surface area (Å²) >= 11 is 5.90. The van der Waals surface area contributed by atoms with Gasteiger partial charge < -0.3 is 9.47 Å². The molecule has 0 aromatic heterocycles. The molecule has 0 aliphatic carbocycles. The van der Waals surface area contributed by atoms with E-state index < -0.39 is 5.82 Å². The summed E-state index contributed by atoms with van der Waals surface area (Å²) < 4.78 is 24.0. The Morgan fingerprint density at radius 1 is 1.11 bits per heavy atom. The highest BCUT2D eigenvalue weighted by Crippen LogP contribution is 2.25. The minimum absolute atomic E-state index is 0.199. The van der Waals surface area contributed by atoms with Crippen LogP contribution in [0, 0.1) is 5.82 Å². The number of hydrogen-bond donors (Lipinski definition) is 0. The fourth-order valence-electron chi connectivity index (χ4n) is 1.58. The molecule has 0 saturated heterocycles. The molecule has 2 rings (SSSR count). The summed E-state index contributed by atoms with van der Waals surface area (Å²) in [5, 5.41) is 0.586. The second-order valence-electron chi connectivity index (χ2n) is 3.68. The van der Waals surface area contributed by atoms with Crippen LogP contribution in [0.25, 0.3) is 0 Å². The van der Waals surface area contributed by atoms with E-state index in [1.54, 1.807) is 43.5 Å². The van der Waals surface area contributed by atoms with Crippen molar-refractivity contribution in [2.24, 2.45) is 0 Å². The number of rotatable bonds is 4. The molecule has 0 amide bonds. The van der Waals surface area contributed by atoms with Crippen molar-refractivity contribution in [2.75, 3.05) is 7.11 Å². The summed E-state index contributed by atoms with van der Waals surface area (Å²) in [5.41, 5.74) is 0.772. The van der Waals surface area contributed by atoms with Gasteiger partial charge in [0.2, 0.25) is 0 Å². The molecular formula is C14H12ClFO2. The lowest BCUT2D eigenvalue weighted by molar-refractivity contribution is 0.282. The largest absolute Gasteiger partial charge is 0.496 e. The Bertz CT molecular complexity index is 543. The first-order chi connectivity index (χ1) is 8.70. The normalized spacial score (nSPS) is 10.2. The molecule has 0 saturated carbocycles. The zero-order chi connectivity index (χ0) is 13.0. The van der Waals surface area contributed by atoms with Crippen molar-refractivity contribution in [2.45, 2.75) is 6.61 Å². The lowest BCUT2D eigenvalue weighted by atomic mass is 10.2. The Balaban J connectivity index is 2.15. The number of halogens is 2. The van der Waals surface area contributed by atoms with Crippen LogP contribution >= 0.6 is 11.6 Å². The van der Waals surface area contributed by atoms with Crippen LogP contribution in [0.4, 0.5) is 4.39 Å². The van der Waals surface area contributed by atoms with E-state index in [2.05, 4.69) is 0 Å². The zero-order valence-electron chi connectivity index (χ0n) is 9.82. The number of ether oxygens (including phenoxy) is 2. The number of methoxy groups -OCH3 is 1. The molecule has 0 aliphatic heterocycles. The fourth-order valence-corrected chi connectivity index (χ4v) is 1.77. The Morgan fingerprint density at radius 3 is 2.61 bits per heavy atom. The van der Waals surface area contributed by atoms with Crippen LogP contribution in [-0.2, 0) is 6.61 Å². The highest BCUT2D eigenvalue weighted by atomic mass is 35.5. The molecule has 0 bridgehead atoms. The van der Waals surface area contributed by atoms with Gasteiger partial charge in [-0.2, -0.15) is 0 Å². The molecule has 0 unspecified atom stereocenters. The van der Waals surface area contributed by atoms with Crippen LogP contribution in [-0.4, -0.2) is 7.11 Å².